The first-order valence-electron chi connectivity index (χ1n) is 6.07. The number of rotatable bonds is 3. The number of hydrogen-bond acceptors (Lipinski definition) is 7. The van der Waals surface area contributed by atoms with Gasteiger partial charge in [0, 0.05) is 11.0 Å². The van der Waals surface area contributed by atoms with E-state index in [0.717, 1.165) is 16.5 Å². The molecule has 1 aliphatic heterocycles. The summed E-state index contributed by atoms with van der Waals surface area (Å²) in [5.74, 6) is -1.76. The number of imide groups is 1. The molecule has 0 atom stereocenters. The van der Waals surface area contributed by atoms with Gasteiger partial charge in [-0.2, -0.15) is 0 Å². The topological polar surface area (TPSA) is 102 Å². The number of thiophene rings is 1. The first kappa shape index (κ1) is 16.2. The number of methoxy groups -OCH3 is 1. The van der Waals surface area contributed by atoms with Gasteiger partial charge in [-0.05, 0) is 31.2 Å². The molecule has 2 rings (SSSR count). The fourth-order valence-electron chi connectivity index (χ4n) is 1.75. The van der Waals surface area contributed by atoms with E-state index in [9.17, 15) is 19.2 Å². The molecular formula is C13H12N2O5S2. The van der Waals surface area contributed by atoms with Crippen LogP contribution in [0.15, 0.2) is 11.0 Å². The van der Waals surface area contributed by atoms with Crippen LogP contribution in [-0.4, -0.2) is 30.1 Å². The Morgan fingerprint density at radius 2 is 1.95 bits per heavy atom. The third-order valence-corrected chi connectivity index (χ3v) is 4.85. The summed E-state index contributed by atoms with van der Waals surface area (Å²) < 4.78 is 4.71. The lowest BCUT2D eigenvalue weighted by Gasteiger charge is -2.04. The Hall–Kier alpha value is -2.13. The van der Waals surface area contributed by atoms with Gasteiger partial charge in [-0.25, -0.2) is 4.79 Å². The number of carbonyl (C=O) groups excluding carboxylic acids is 4. The molecule has 0 bridgehead atoms. The monoisotopic (exact) mass is 340 g/mol. The summed E-state index contributed by atoms with van der Waals surface area (Å²) in [5, 5.41) is 4.42. The van der Waals surface area contributed by atoms with Crippen LogP contribution in [0.1, 0.15) is 20.8 Å². The minimum absolute atomic E-state index is 0.00659. The van der Waals surface area contributed by atoms with Crippen LogP contribution in [0.3, 0.4) is 0 Å². The second kappa shape index (κ2) is 6.32. The Labute approximate surface area is 134 Å². The van der Waals surface area contributed by atoms with E-state index < -0.39 is 23.0 Å². The van der Waals surface area contributed by atoms with Crippen molar-refractivity contribution in [3.8, 4) is 0 Å². The average Bonchev–Trinajstić information content (AvgIpc) is 2.89. The number of carbonyl (C=O) groups is 4. The van der Waals surface area contributed by atoms with E-state index in [0.29, 0.717) is 16.8 Å². The summed E-state index contributed by atoms with van der Waals surface area (Å²) in [6.07, 6.45) is 1.02. The van der Waals surface area contributed by atoms with E-state index in [1.807, 2.05) is 6.92 Å². The molecule has 7 nitrogen and oxygen atoms in total. The van der Waals surface area contributed by atoms with Crippen molar-refractivity contribution in [2.75, 3.05) is 12.4 Å². The lowest BCUT2D eigenvalue weighted by atomic mass is 10.1. The standard InChI is InChI=1S/C13H12N2O5S2/c1-5-6(2)21-11(9(5)12(18)20-3)14-8(16)4-7-10(17)15-13(19)22-7/h4H,1-3H3,(H,14,16)(H,15,17,19)/b7-4-. The van der Waals surface area contributed by atoms with Crippen LogP contribution < -0.4 is 10.6 Å². The zero-order valence-electron chi connectivity index (χ0n) is 11.9. The van der Waals surface area contributed by atoms with Gasteiger partial charge in [0.2, 0.25) is 5.91 Å². The molecule has 2 N–H and O–H groups in total. The number of nitrogens with one attached hydrogen (secondary N) is 2. The smallest absolute Gasteiger partial charge is 0.341 e. The van der Waals surface area contributed by atoms with Gasteiger partial charge in [0.05, 0.1) is 17.6 Å². The fraction of sp³-hybridized carbons (Fsp3) is 0.231. The van der Waals surface area contributed by atoms with E-state index in [1.165, 1.54) is 18.4 Å². The van der Waals surface area contributed by atoms with E-state index in [-0.39, 0.29) is 10.5 Å². The van der Waals surface area contributed by atoms with Crippen molar-refractivity contribution in [2.24, 2.45) is 0 Å². The highest BCUT2D eigenvalue weighted by atomic mass is 32.2. The van der Waals surface area contributed by atoms with Crippen LogP contribution >= 0.6 is 23.1 Å². The molecule has 1 saturated heterocycles. The third kappa shape index (κ3) is 3.20. The minimum atomic E-state index is -0.614. The van der Waals surface area contributed by atoms with Gasteiger partial charge in [-0.1, -0.05) is 0 Å². The number of amides is 3. The van der Waals surface area contributed by atoms with Crippen molar-refractivity contribution < 1.29 is 23.9 Å². The molecule has 1 aliphatic rings. The van der Waals surface area contributed by atoms with Crippen LogP contribution in [0.5, 0.6) is 0 Å². The summed E-state index contributed by atoms with van der Waals surface area (Å²) in [6, 6.07) is 0. The normalized spacial score (nSPS) is 15.9. The highest BCUT2D eigenvalue weighted by Gasteiger charge is 2.27. The van der Waals surface area contributed by atoms with Gasteiger partial charge < -0.3 is 10.1 Å². The zero-order valence-corrected chi connectivity index (χ0v) is 13.6. The Bertz CT molecular complexity index is 720. The second-order valence-corrected chi connectivity index (χ2v) is 6.56. The Kier molecular flexibility index (Phi) is 4.67. The molecule has 22 heavy (non-hydrogen) atoms. The summed E-state index contributed by atoms with van der Waals surface area (Å²) >= 11 is 1.88. The molecule has 9 heteroatoms. The lowest BCUT2D eigenvalue weighted by molar-refractivity contribution is -0.116. The summed E-state index contributed by atoms with van der Waals surface area (Å²) in [5.41, 5.74) is 1.01. The van der Waals surface area contributed by atoms with E-state index in [4.69, 9.17) is 4.74 Å². The largest absolute Gasteiger partial charge is 0.465 e. The van der Waals surface area contributed by atoms with Gasteiger partial charge in [0.1, 0.15) is 5.00 Å². The predicted molar refractivity (Wildman–Crippen MR) is 83.0 cm³/mol. The van der Waals surface area contributed by atoms with Gasteiger partial charge >= 0.3 is 5.97 Å². The Balaban J connectivity index is 2.24. The number of hydrogen-bond donors (Lipinski definition) is 2. The number of anilines is 1. The van der Waals surface area contributed by atoms with E-state index >= 15 is 0 Å². The van der Waals surface area contributed by atoms with Crippen LogP contribution in [0.2, 0.25) is 0 Å². The van der Waals surface area contributed by atoms with E-state index in [2.05, 4.69) is 10.6 Å². The second-order valence-electron chi connectivity index (χ2n) is 4.32. The van der Waals surface area contributed by atoms with Crippen molar-refractivity contribution in [1.82, 2.24) is 5.32 Å². The quantitative estimate of drug-likeness (QED) is 0.644. The highest BCUT2D eigenvalue weighted by Crippen LogP contribution is 2.33. The van der Waals surface area contributed by atoms with Gasteiger partial charge in [0.25, 0.3) is 11.1 Å². The molecule has 1 aromatic rings. The Morgan fingerprint density at radius 3 is 2.50 bits per heavy atom. The van der Waals surface area contributed by atoms with Gasteiger partial charge in [-0.3, -0.25) is 19.7 Å². The molecule has 0 saturated carbocycles. The van der Waals surface area contributed by atoms with Gasteiger partial charge in [0.15, 0.2) is 0 Å². The summed E-state index contributed by atoms with van der Waals surface area (Å²) in [7, 11) is 1.26. The third-order valence-electron chi connectivity index (χ3n) is 2.92. The molecular weight excluding hydrogens is 328 g/mol. The van der Waals surface area contributed by atoms with Crippen molar-refractivity contribution in [1.29, 1.82) is 0 Å². The van der Waals surface area contributed by atoms with Gasteiger partial charge in [-0.15, -0.1) is 11.3 Å². The molecule has 0 radical (unpaired) electrons. The van der Waals surface area contributed by atoms with Crippen molar-refractivity contribution >= 4 is 51.1 Å². The molecule has 2 heterocycles. The van der Waals surface area contributed by atoms with Crippen LogP contribution in [0.25, 0.3) is 0 Å². The van der Waals surface area contributed by atoms with Crippen molar-refractivity contribution in [3.63, 3.8) is 0 Å². The SMILES string of the molecule is COC(=O)c1c(NC(=O)/C=C2\SC(=O)NC2=O)sc(C)c1C. The predicted octanol–water partition coefficient (Wildman–Crippen LogP) is 1.96. The maximum Gasteiger partial charge on any atom is 0.341 e. The van der Waals surface area contributed by atoms with Crippen molar-refractivity contribution in [3.05, 3.63) is 27.0 Å². The van der Waals surface area contributed by atoms with Crippen LogP contribution in [0.4, 0.5) is 9.80 Å². The first-order valence-corrected chi connectivity index (χ1v) is 7.71. The number of esters is 1. The summed E-state index contributed by atoms with van der Waals surface area (Å²) in [6.45, 7) is 3.57. The molecule has 1 fully saturated rings. The number of ether oxygens (including phenoxy) is 1. The fourth-order valence-corrected chi connectivity index (χ4v) is 3.46. The average molecular weight is 340 g/mol. The van der Waals surface area contributed by atoms with Crippen molar-refractivity contribution in [2.45, 2.75) is 13.8 Å². The Morgan fingerprint density at radius 1 is 1.27 bits per heavy atom. The summed E-state index contributed by atoms with van der Waals surface area (Å²) in [4.78, 5) is 47.0. The molecule has 0 spiro atoms. The maximum atomic E-state index is 12.0. The highest BCUT2D eigenvalue weighted by molar-refractivity contribution is 8.18. The molecule has 0 aliphatic carbocycles. The molecule has 1 aromatic heterocycles. The number of aryl methyl sites for hydroxylation is 1. The molecule has 0 unspecified atom stereocenters. The lowest BCUT2D eigenvalue weighted by Crippen LogP contribution is -2.19. The zero-order chi connectivity index (χ0) is 16.4. The maximum absolute atomic E-state index is 12.0. The number of thioether (sulfide) groups is 1. The van der Waals surface area contributed by atoms with Crippen LogP contribution in [-0.2, 0) is 14.3 Å². The molecule has 0 aromatic carbocycles. The van der Waals surface area contributed by atoms with E-state index in [1.54, 1.807) is 6.92 Å². The minimum Gasteiger partial charge on any atom is -0.465 e. The first-order chi connectivity index (χ1) is 10.3. The van der Waals surface area contributed by atoms with Crippen LogP contribution in [0, 0.1) is 13.8 Å². The molecule has 116 valence electrons. The molecule has 3 amide bonds.